The third kappa shape index (κ3) is 3.95. The van der Waals surface area contributed by atoms with Crippen LogP contribution in [-0.4, -0.2) is 59.5 Å². The lowest BCUT2D eigenvalue weighted by Gasteiger charge is -2.22. The van der Waals surface area contributed by atoms with Gasteiger partial charge in [-0.15, -0.1) is 0 Å². The smallest absolute Gasteiger partial charge is 0.255 e. The lowest BCUT2D eigenvalue weighted by Crippen LogP contribution is -2.37. The van der Waals surface area contributed by atoms with Gasteiger partial charge in [-0.1, -0.05) is 27.5 Å². The largest absolute Gasteiger partial charge is 0.337 e. The Morgan fingerprint density at radius 1 is 1.23 bits per heavy atom. The van der Waals surface area contributed by atoms with Crippen molar-refractivity contribution < 1.29 is 13.2 Å². The summed E-state index contributed by atoms with van der Waals surface area (Å²) in [6.07, 6.45) is 3.37. The van der Waals surface area contributed by atoms with Gasteiger partial charge < -0.3 is 4.90 Å². The SMILES string of the molecule is Cn1cc(S(=O)(=O)N2CCCN(C(=O)c3cc(Br)ccc3Cl)CC2)cn1. The molecule has 1 amide bonds. The van der Waals surface area contributed by atoms with Crippen molar-refractivity contribution in [2.24, 2.45) is 7.05 Å². The Kier molecular flexibility index (Phi) is 5.71. The molecule has 3 rings (SSSR count). The molecular weight excluding hydrogens is 444 g/mol. The van der Waals surface area contributed by atoms with Gasteiger partial charge in [-0.3, -0.25) is 9.48 Å². The van der Waals surface area contributed by atoms with Crippen molar-refractivity contribution in [3.63, 3.8) is 0 Å². The van der Waals surface area contributed by atoms with Crippen molar-refractivity contribution in [2.45, 2.75) is 11.3 Å². The topological polar surface area (TPSA) is 75.5 Å². The summed E-state index contributed by atoms with van der Waals surface area (Å²) in [5.74, 6) is -0.197. The predicted octanol–water partition coefficient (Wildman–Crippen LogP) is 2.37. The van der Waals surface area contributed by atoms with Gasteiger partial charge in [-0.25, -0.2) is 8.42 Å². The number of nitrogens with zero attached hydrogens (tertiary/aromatic N) is 4. The van der Waals surface area contributed by atoms with Crippen LogP contribution in [0.4, 0.5) is 0 Å². The maximum absolute atomic E-state index is 12.8. The summed E-state index contributed by atoms with van der Waals surface area (Å²) in [4.78, 5) is 14.6. The molecule has 10 heteroatoms. The maximum Gasteiger partial charge on any atom is 0.255 e. The lowest BCUT2D eigenvalue weighted by molar-refractivity contribution is 0.0764. The van der Waals surface area contributed by atoms with E-state index in [1.807, 2.05) is 0 Å². The van der Waals surface area contributed by atoms with Gasteiger partial charge >= 0.3 is 0 Å². The number of rotatable bonds is 3. The highest BCUT2D eigenvalue weighted by Crippen LogP contribution is 2.24. The molecule has 140 valence electrons. The van der Waals surface area contributed by atoms with Crippen LogP contribution in [0, 0.1) is 0 Å². The molecule has 1 aromatic heterocycles. The summed E-state index contributed by atoms with van der Waals surface area (Å²) in [6, 6.07) is 5.11. The standard InChI is InChI=1S/C16H18BrClN4O3S/c1-20-11-13(10-19-20)26(24,25)22-6-2-5-21(7-8-22)16(23)14-9-12(17)3-4-15(14)18/h3-4,9-11H,2,5-8H2,1H3. The molecular formula is C16H18BrClN4O3S. The summed E-state index contributed by atoms with van der Waals surface area (Å²) >= 11 is 9.49. The van der Waals surface area contributed by atoms with Crippen LogP contribution >= 0.6 is 27.5 Å². The van der Waals surface area contributed by atoms with Gasteiger partial charge in [0, 0.05) is 43.9 Å². The molecule has 0 atom stereocenters. The third-order valence-electron chi connectivity index (χ3n) is 4.22. The Bertz CT molecular complexity index is 931. The molecule has 0 aliphatic carbocycles. The molecule has 0 N–H and O–H groups in total. The van der Waals surface area contributed by atoms with E-state index in [1.54, 1.807) is 30.1 Å². The molecule has 7 nitrogen and oxygen atoms in total. The third-order valence-corrected chi connectivity index (χ3v) is 6.89. The number of aromatic nitrogens is 2. The first-order chi connectivity index (χ1) is 12.3. The second-order valence-corrected chi connectivity index (χ2v) is 9.28. The summed E-state index contributed by atoms with van der Waals surface area (Å²) in [5, 5.41) is 4.31. The number of carbonyl (C=O) groups excluding carboxylic acids is 1. The van der Waals surface area contributed by atoms with E-state index >= 15 is 0 Å². The quantitative estimate of drug-likeness (QED) is 0.703. The molecule has 2 heterocycles. The van der Waals surface area contributed by atoms with Gasteiger partial charge in [0.25, 0.3) is 5.91 Å². The first-order valence-corrected chi connectivity index (χ1v) is 10.6. The predicted molar refractivity (Wildman–Crippen MR) is 102 cm³/mol. The lowest BCUT2D eigenvalue weighted by atomic mass is 10.2. The Labute approximate surface area is 165 Å². The van der Waals surface area contributed by atoms with Gasteiger partial charge in [-0.2, -0.15) is 9.40 Å². The maximum atomic E-state index is 12.8. The van der Waals surface area contributed by atoms with Gasteiger partial charge in [0.1, 0.15) is 4.90 Å². The molecule has 1 aromatic carbocycles. The Balaban J connectivity index is 1.76. The monoisotopic (exact) mass is 460 g/mol. The average molecular weight is 462 g/mol. The molecule has 0 radical (unpaired) electrons. The molecule has 0 bridgehead atoms. The minimum absolute atomic E-state index is 0.162. The fourth-order valence-electron chi connectivity index (χ4n) is 2.85. The van der Waals surface area contributed by atoms with Gasteiger partial charge in [0.2, 0.25) is 10.0 Å². The summed E-state index contributed by atoms with van der Waals surface area (Å²) in [6.45, 7) is 1.36. The fourth-order valence-corrected chi connectivity index (χ4v) is 4.87. The first kappa shape index (κ1) is 19.3. The first-order valence-electron chi connectivity index (χ1n) is 8.02. The van der Waals surface area contributed by atoms with E-state index in [-0.39, 0.29) is 17.3 Å². The van der Waals surface area contributed by atoms with Crippen molar-refractivity contribution in [1.29, 1.82) is 0 Å². The molecule has 0 unspecified atom stereocenters. The molecule has 26 heavy (non-hydrogen) atoms. The number of hydrogen-bond acceptors (Lipinski definition) is 4. The zero-order chi connectivity index (χ0) is 18.9. The van der Waals surface area contributed by atoms with Crippen LogP contribution < -0.4 is 0 Å². The highest BCUT2D eigenvalue weighted by atomic mass is 79.9. The molecule has 1 aliphatic rings. The van der Waals surface area contributed by atoms with Crippen molar-refractivity contribution in [3.05, 3.63) is 45.7 Å². The number of amides is 1. The number of benzene rings is 1. The Morgan fingerprint density at radius 3 is 2.69 bits per heavy atom. The van der Waals surface area contributed by atoms with Crippen LogP contribution in [0.25, 0.3) is 0 Å². The molecule has 1 aliphatic heterocycles. The number of aryl methyl sites for hydroxylation is 1. The van der Waals surface area contributed by atoms with Crippen LogP contribution in [-0.2, 0) is 17.1 Å². The number of halogens is 2. The summed E-state index contributed by atoms with van der Waals surface area (Å²) in [5.41, 5.74) is 0.407. The fraction of sp³-hybridized carbons (Fsp3) is 0.375. The number of hydrogen-bond donors (Lipinski definition) is 0. The van der Waals surface area contributed by atoms with E-state index < -0.39 is 10.0 Å². The van der Waals surface area contributed by atoms with Crippen LogP contribution in [0.2, 0.25) is 5.02 Å². The molecule has 0 saturated carbocycles. The Hall–Kier alpha value is -1.42. The highest BCUT2D eigenvalue weighted by molar-refractivity contribution is 9.10. The number of carbonyl (C=O) groups is 1. The van der Waals surface area contributed by atoms with Crippen LogP contribution in [0.1, 0.15) is 16.8 Å². The van der Waals surface area contributed by atoms with Gasteiger partial charge in [0.15, 0.2) is 0 Å². The van der Waals surface area contributed by atoms with E-state index in [0.717, 1.165) is 4.47 Å². The zero-order valence-corrected chi connectivity index (χ0v) is 17.3. The van der Waals surface area contributed by atoms with Crippen LogP contribution in [0.15, 0.2) is 40.0 Å². The number of sulfonamides is 1. The van der Waals surface area contributed by atoms with Crippen molar-refractivity contribution in [1.82, 2.24) is 19.0 Å². The highest BCUT2D eigenvalue weighted by Gasteiger charge is 2.29. The second-order valence-electron chi connectivity index (χ2n) is 6.02. The van der Waals surface area contributed by atoms with Crippen molar-refractivity contribution in [2.75, 3.05) is 26.2 Å². The molecule has 2 aromatic rings. The van der Waals surface area contributed by atoms with E-state index in [0.29, 0.717) is 36.6 Å². The van der Waals surface area contributed by atoms with E-state index in [9.17, 15) is 13.2 Å². The minimum atomic E-state index is -3.61. The normalized spacial score (nSPS) is 16.5. The van der Waals surface area contributed by atoms with Crippen molar-refractivity contribution >= 4 is 43.5 Å². The van der Waals surface area contributed by atoms with E-state index in [1.165, 1.54) is 21.4 Å². The Morgan fingerprint density at radius 2 is 2.00 bits per heavy atom. The van der Waals surface area contributed by atoms with Crippen molar-refractivity contribution in [3.8, 4) is 0 Å². The molecule has 1 fully saturated rings. The molecule has 0 spiro atoms. The minimum Gasteiger partial charge on any atom is -0.337 e. The van der Waals surface area contributed by atoms with Crippen LogP contribution in [0.5, 0.6) is 0 Å². The van der Waals surface area contributed by atoms with Gasteiger partial charge in [0.05, 0.1) is 16.8 Å². The van der Waals surface area contributed by atoms with E-state index in [2.05, 4.69) is 21.0 Å². The summed E-state index contributed by atoms with van der Waals surface area (Å²) < 4.78 is 29.1. The summed E-state index contributed by atoms with van der Waals surface area (Å²) in [7, 11) is -1.94. The zero-order valence-electron chi connectivity index (χ0n) is 14.1. The average Bonchev–Trinajstić information content (AvgIpc) is 2.89. The van der Waals surface area contributed by atoms with Crippen LogP contribution in [0.3, 0.4) is 0 Å². The second kappa shape index (κ2) is 7.67. The molecule has 1 saturated heterocycles. The van der Waals surface area contributed by atoms with Gasteiger partial charge in [-0.05, 0) is 24.6 Å². The van der Waals surface area contributed by atoms with E-state index in [4.69, 9.17) is 11.6 Å².